The molecule has 0 bridgehead atoms. The minimum absolute atomic E-state index is 0.138. The van der Waals surface area contributed by atoms with Crippen LogP contribution in [0.25, 0.3) is 0 Å². The van der Waals surface area contributed by atoms with Crippen molar-refractivity contribution in [3.63, 3.8) is 0 Å². The van der Waals surface area contributed by atoms with Crippen molar-refractivity contribution in [2.45, 2.75) is 25.3 Å². The first-order valence-electron chi connectivity index (χ1n) is 6.32. The van der Waals surface area contributed by atoms with E-state index in [2.05, 4.69) is 16.0 Å². The number of thiophene rings is 1. The molecule has 1 aromatic heterocycles. The number of urea groups is 1. The second-order valence-corrected chi connectivity index (χ2v) is 5.44. The molecule has 19 heavy (non-hydrogen) atoms. The quantitative estimate of drug-likeness (QED) is 0.668. The van der Waals surface area contributed by atoms with Gasteiger partial charge < -0.3 is 21.7 Å². The molecule has 0 saturated carbocycles. The molecule has 0 aliphatic carbocycles. The fourth-order valence-electron chi connectivity index (χ4n) is 2.11. The number of carbonyl (C=O) groups is 2. The van der Waals surface area contributed by atoms with Crippen molar-refractivity contribution in [1.29, 1.82) is 0 Å². The Morgan fingerprint density at radius 1 is 1.42 bits per heavy atom. The van der Waals surface area contributed by atoms with Crippen molar-refractivity contribution in [1.82, 2.24) is 10.6 Å². The predicted octanol–water partition coefficient (Wildman–Crippen LogP) is 1.11. The van der Waals surface area contributed by atoms with Gasteiger partial charge in [-0.15, -0.1) is 11.3 Å². The van der Waals surface area contributed by atoms with E-state index < -0.39 is 6.03 Å². The lowest BCUT2D eigenvalue weighted by Crippen LogP contribution is -2.40. The van der Waals surface area contributed by atoms with Crippen LogP contribution in [0.4, 0.5) is 10.5 Å². The van der Waals surface area contributed by atoms with Gasteiger partial charge in [-0.1, -0.05) is 6.42 Å². The van der Waals surface area contributed by atoms with E-state index in [1.165, 1.54) is 11.3 Å². The van der Waals surface area contributed by atoms with Crippen molar-refractivity contribution in [3.05, 3.63) is 16.3 Å². The first-order valence-corrected chi connectivity index (χ1v) is 7.20. The van der Waals surface area contributed by atoms with Crippen LogP contribution in [-0.2, 0) is 0 Å². The molecule has 2 heterocycles. The fraction of sp³-hybridized carbons (Fsp3) is 0.500. The average molecular weight is 282 g/mol. The Hall–Kier alpha value is -1.60. The highest BCUT2D eigenvalue weighted by atomic mass is 32.1. The number of primary amides is 1. The molecule has 1 atom stereocenters. The van der Waals surface area contributed by atoms with Gasteiger partial charge in [0.15, 0.2) is 0 Å². The molecule has 0 spiro atoms. The van der Waals surface area contributed by atoms with Crippen LogP contribution in [0.1, 0.15) is 28.9 Å². The summed E-state index contributed by atoms with van der Waals surface area (Å²) in [6.07, 6.45) is 3.22. The normalized spacial score (nSPS) is 19.5. The summed E-state index contributed by atoms with van der Waals surface area (Å²) in [4.78, 5) is 23.5. The first kappa shape index (κ1) is 13.8. The summed E-state index contributed by atoms with van der Waals surface area (Å²) in [7, 11) is 0. The number of anilines is 1. The number of amides is 3. The van der Waals surface area contributed by atoms with Crippen molar-refractivity contribution >= 4 is 29.0 Å². The summed E-state index contributed by atoms with van der Waals surface area (Å²) in [6.45, 7) is 1.79. The van der Waals surface area contributed by atoms with Gasteiger partial charge in [0, 0.05) is 12.6 Å². The van der Waals surface area contributed by atoms with Gasteiger partial charge in [0.2, 0.25) is 0 Å². The fourth-order valence-corrected chi connectivity index (χ4v) is 2.86. The zero-order valence-corrected chi connectivity index (χ0v) is 11.4. The van der Waals surface area contributed by atoms with E-state index >= 15 is 0 Å². The molecule has 5 N–H and O–H groups in total. The van der Waals surface area contributed by atoms with Gasteiger partial charge in [-0.05, 0) is 30.8 Å². The van der Waals surface area contributed by atoms with Gasteiger partial charge >= 0.3 is 6.03 Å². The van der Waals surface area contributed by atoms with Crippen molar-refractivity contribution in [2.24, 2.45) is 5.73 Å². The number of hydrogen-bond donors (Lipinski definition) is 4. The topological polar surface area (TPSA) is 96.2 Å². The van der Waals surface area contributed by atoms with E-state index in [1.54, 1.807) is 11.4 Å². The Kier molecular flexibility index (Phi) is 4.75. The Bertz CT molecular complexity index is 452. The molecule has 0 unspecified atom stereocenters. The SMILES string of the molecule is NC(=O)Nc1ccsc1C(=O)N[C@H]1CCCCNC1. The van der Waals surface area contributed by atoms with Gasteiger partial charge in [0.25, 0.3) is 5.91 Å². The maximum Gasteiger partial charge on any atom is 0.316 e. The molecule has 0 radical (unpaired) electrons. The Balaban J connectivity index is 1.98. The third-order valence-electron chi connectivity index (χ3n) is 3.01. The number of rotatable bonds is 3. The van der Waals surface area contributed by atoms with Crippen LogP contribution in [0.5, 0.6) is 0 Å². The van der Waals surface area contributed by atoms with Gasteiger partial charge in [0.1, 0.15) is 4.88 Å². The highest BCUT2D eigenvalue weighted by molar-refractivity contribution is 7.12. The van der Waals surface area contributed by atoms with Gasteiger partial charge in [0.05, 0.1) is 5.69 Å². The van der Waals surface area contributed by atoms with E-state index in [0.29, 0.717) is 10.6 Å². The molecule has 0 aromatic carbocycles. The smallest absolute Gasteiger partial charge is 0.316 e. The monoisotopic (exact) mass is 282 g/mol. The number of nitrogens with one attached hydrogen (secondary N) is 3. The van der Waals surface area contributed by atoms with Crippen LogP contribution in [0, 0.1) is 0 Å². The van der Waals surface area contributed by atoms with Crippen LogP contribution >= 0.6 is 11.3 Å². The number of carbonyl (C=O) groups excluding carboxylic acids is 2. The molecular formula is C12H18N4O2S. The van der Waals surface area contributed by atoms with E-state index in [1.807, 2.05) is 0 Å². The van der Waals surface area contributed by atoms with Crippen molar-refractivity contribution in [2.75, 3.05) is 18.4 Å². The molecule has 1 aromatic rings. The molecule has 6 nitrogen and oxygen atoms in total. The van der Waals surface area contributed by atoms with Crippen LogP contribution in [0.2, 0.25) is 0 Å². The molecule has 1 aliphatic heterocycles. The summed E-state index contributed by atoms with van der Waals surface area (Å²) >= 11 is 1.29. The van der Waals surface area contributed by atoms with E-state index in [4.69, 9.17) is 5.73 Å². The van der Waals surface area contributed by atoms with E-state index in [-0.39, 0.29) is 11.9 Å². The lowest BCUT2D eigenvalue weighted by Gasteiger charge is -2.16. The second-order valence-electron chi connectivity index (χ2n) is 4.52. The maximum atomic E-state index is 12.2. The van der Waals surface area contributed by atoms with Crippen molar-refractivity contribution < 1.29 is 9.59 Å². The standard InChI is InChI=1S/C12H18N4O2S/c13-12(18)16-9-4-6-19-10(9)11(17)15-8-3-1-2-5-14-7-8/h4,6,8,14H,1-3,5,7H2,(H,15,17)(H3,13,16,18)/t8-/m0/s1. The van der Waals surface area contributed by atoms with Crippen LogP contribution < -0.4 is 21.7 Å². The van der Waals surface area contributed by atoms with Crippen LogP contribution in [0.15, 0.2) is 11.4 Å². The van der Waals surface area contributed by atoms with E-state index in [0.717, 1.165) is 32.4 Å². The van der Waals surface area contributed by atoms with Gasteiger partial charge in [-0.2, -0.15) is 0 Å². The summed E-state index contributed by atoms with van der Waals surface area (Å²) in [5.41, 5.74) is 5.54. The second kappa shape index (κ2) is 6.53. The van der Waals surface area contributed by atoms with Crippen LogP contribution in [0.3, 0.4) is 0 Å². The first-order chi connectivity index (χ1) is 9.16. The van der Waals surface area contributed by atoms with E-state index in [9.17, 15) is 9.59 Å². The minimum atomic E-state index is -0.663. The number of nitrogens with two attached hydrogens (primary N) is 1. The zero-order valence-electron chi connectivity index (χ0n) is 10.6. The minimum Gasteiger partial charge on any atom is -0.351 e. The third-order valence-corrected chi connectivity index (χ3v) is 3.92. The zero-order chi connectivity index (χ0) is 13.7. The highest BCUT2D eigenvalue weighted by Gasteiger charge is 2.19. The van der Waals surface area contributed by atoms with Gasteiger partial charge in [-0.25, -0.2) is 4.79 Å². The maximum absolute atomic E-state index is 12.2. The lowest BCUT2D eigenvalue weighted by atomic mass is 10.1. The predicted molar refractivity (Wildman–Crippen MR) is 75.5 cm³/mol. The van der Waals surface area contributed by atoms with Gasteiger partial charge in [-0.3, -0.25) is 4.79 Å². The molecule has 7 heteroatoms. The molecule has 3 amide bonds. The molecule has 2 rings (SSSR count). The molecule has 1 aliphatic rings. The Labute approximate surface area is 115 Å². The summed E-state index contributed by atoms with van der Waals surface area (Å²) in [6, 6.07) is 1.15. The van der Waals surface area contributed by atoms with Crippen molar-refractivity contribution in [3.8, 4) is 0 Å². The molecular weight excluding hydrogens is 264 g/mol. The largest absolute Gasteiger partial charge is 0.351 e. The lowest BCUT2D eigenvalue weighted by molar-refractivity contribution is 0.0940. The third kappa shape index (κ3) is 3.93. The Morgan fingerprint density at radius 2 is 2.26 bits per heavy atom. The highest BCUT2D eigenvalue weighted by Crippen LogP contribution is 2.22. The average Bonchev–Trinajstić information content (AvgIpc) is 2.65. The number of hydrogen-bond acceptors (Lipinski definition) is 4. The summed E-state index contributed by atoms with van der Waals surface area (Å²) in [5, 5.41) is 10.5. The Morgan fingerprint density at radius 3 is 3.05 bits per heavy atom. The summed E-state index contributed by atoms with van der Waals surface area (Å²) in [5.74, 6) is -0.160. The van der Waals surface area contributed by atoms with Crippen LogP contribution in [-0.4, -0.2) is 31.1 Å². The summed E-state index contributed by atoms with van der Waals surface area (Å²) < 4.78 is 0. The molecule has 1 saturated heterocycles. The molecule has 1 fully saturated rings. The molecule has 104 valence electrons.